The number of hydrogen-bond donors (Lipinski definition) is 2. The van der Waals surface area contributed by atoms with Crippen molar-refractivity contribution in [2.45, 2.75) is 63.1 Å². The van der Waals surface area contributed by atoms with Gasteiger partial charge in [0, 0.05) is 36.2 Å². The Bertz CT molecular complexity index is 1260. The van der Waals surface area contributed by atoms with E-state index in [1.165, 1.54) is 13.3 Å². The van der Waals surface area contributed by atoms with Crippen LogP contribution in [0, 0.1) is 11.2 Å². The van der Waals surface area contributed by atoms with E-state index in [9.17, 15) is 9.50 Å². The summed E-state index contributed by atoms with van der Waals surface area (Å²) in [5, 5.41) is 15.2. The molecule has 4 heterocycles. The molecule has 2 N–H and O–H groups in total. The summed E-state index contributed by atoms with van der Waals surface area (Å²) < 4.78 is 31.4. The summed E-state index contributed by atoms with van der Waals surface area (Å²) in [7, 11) is 1.53. The number of nitrogens with one attached hydrogen (secondary N) is 1. The molecule has 0 unspecified atom stereocenters. The lowest BCUT2D eigenvalue weighted by molar-refractivity contribution is -0.0702. The maximum Gasteiger partial charge on any atom is 0.213 e. The summed E-state index contributed by atoms with van der Waals surface area (Å²) >= 11 is 0. The van der Waals surface area contributed by atoms with E-state index in [-0.39, 0.29) is 17.4 Å². The van der Waals surface area contributed by atoms with Crippen molar-refractivity contribution in [3.63, 3.8) is 0 Å². The number of aromatic nitrogens is 3. The number of rotatable bonds is 7. The average Bonchev–Trinajstić information content (AvgIpc) is 2.94. The molecule has 0 aromatic carbocycles. The topological polar surface area (TPSA) is 98.6 Å². The molecule has 4 aliphatic rings. The number of hydrogen-bond acceptors (Lipinski definition) is 8. The molecule has 8 nitrogen and oxygen atoms in total. The first kappa shape index (κ1) is 23.4. The Morgan fingerprint density at radius 1 is 1.06 bits per heavy atom. The zero-order chi connectivity index (χ0) is 24.8. The molecular formula is C27H31FN4O4. The van der Waals surface area contributed by atoms with Crippen LogP contribution >= 0.6 is 0 Å². The van der Waals surface area contributed by atoms with Crippen LogP contribution in [0.5, 0.6) is 17.4 Å². The summed E-state index contributed by atoms with van der Waals surface area (Å²) in [6.45, 7) is 1.77. The highest BCUT2D eigenvalue weighted by molar-refractivity contribution is 5.78. The van der Waals surface area contributed by atoms with Gasteiger partial charge in [0.25, 0.3) is 0 Å². The van der Waals surface area contributed by atoms with Gasteiger partial charge in [0.2, 0.25) is 5.88 Å². The lowest BCUT2D eigenvalue weighted by Crippen LogP contribution is -2.57. The van der Waals surface area contributed by atoms with Crippen molar-refractivity contribution in [1.82, 2.24) is 20.3 Å². The van der Waals surface area contributed by atoms with Crippen LogP contribution in [0.15, 0.2) is 30.6 Å². The summed E-state index contributed by atoms with van der Waals surface area (Å²) in [4.78, 5) is 13.1. The highest BCUT2D eigenvalue weighted by atomic mass is 19.1. The Hall–Kier alpha value is -3.04. The standard InChI is InChI=1S/C27H31FN4O4/c1-34-24-3-2-20-25(32-24)18(19(28)15-30-20)13-23(33)26-4-7-27(8-5-26,9-6-26)31-14-17-12-21-22(16-29-17)36-11-10-35-21/h2-3,12,15-16,23,31,33H,4-11,13-14H2,1H3/t23-,26?,27?/m1/s1. The van der Waals surface area contributed by atoms with Crippen molar-refractivity contribution in [2.24, 2.45) is 5.41 Å². The molecule has 2 bridgehead atoms. The highest BCUT2D eigenvalue weighted by Crippen LogP contribution is 2.54. The number of nitrogens with zero attached hydrogens (tertiary/aromatic N) is 3. The maximum absolute atomic E-state index is 14.9. The van der Waals surface area contributed by atoms with E-state index in [1.807, 2.05) is 6.07 Å². The number of aliphatic hydroxyl groups excluding tert-OH is 1. The van der Waals surface area contributed by atoms with Crippen LogP contribution < -0.4 is 19.5 Å². The third-order valence-corrected chi connectivity index (χ3v) is 8.49. The molecule has 7 rings (SSSR count). The second-order valence-electron chi connectivity index (χ2n) is 10.3. The molecule has 3 aliphatic carbocycles. The number of halogens is 1. The second-order valence-corrected chi connectivity index (χ2v) is 10.3. The Morgan fingerprint density at radius 2 is 1.81 bits per heavy atom. The number of fused-ring (bicyclic) bond motifs is 5. The number of ether oxygens (including phenoxy) is 3. The Balaban J connectivity index is 1.13. The van der Waals surface area contributed by atoms with Gasteiger partial charge in [-0.15, -0.1) is 0 Å². The van der Waals surface area contributed by atoms with Crippen molar-refractivity contribution in [3.05, 3.63) is 47.7 Å². The predicted molar refractivity (Wildman–Crippen MR) is 131 cm³/mol. The third-order valence-electron chi connectivity index (χ3n) is 8.49. The predicted octanol–water partition coefficient (Wildman–Crippen LogP) is 3.73. The van der Waals surface area contributed by atoms with E-state index < -0.39 is 11.9 Å². The molecule has 190 valence electrons. The fourth-order valence-corrected chi connectivity index (χ4v) is 6.14. The smallest absolute Gasteiger partial charge is 0.213 e. The lowest BCUT2D eigenvalue weighted by Gasteiger charge is -2.55. The Morgan fingerprint density at radius 3 is 2.56 bits per heavy atom. The Kier molecular flexibility index (Phi) is 5.92. The van der Waals surface area contributed by atoms with Crippen LogP contribution in [0.25, 0.3) is 11.0 Å². The van der Waals surface area contributed by atoms with Crippen molar-refractivity contribution >= 4 is 11.0 Å². The average molecular weight is 495 g/mol. The molecule has 3 fully saturated rings. The lowest BCUT2D eigenvalue weighted by atomic mass is 9.54. The largest absolute Gasteiger partial charge is 0.486 e. The van der Waals surface area contributed by atoms with Gasteiger partial charge in [0.1, 0.15) is 19.0 Å². The second kappa shape index (κ2) is 9.12. The van der Waals surface area contributed by atoms with Crippen molar-refractivity contribution in [1.29, 1.82) is 0 Å². The molecule has 3 aromatic rings. The first-order valence-corrected chi connectivity index (χ1v) is 12.7. The van der Waals surface area contributed by atoms with E-state index in [4.69, 9.17) is 14.2 Å². The van der Waals surface area contributed by atoms with E-state index in [0.29, 0.717) is 48.0 Å². The number of methoxy groups -OCH3 is 1. The molecule has 0 spiro atoms. The van der Waals surface area contributed by atoms with Gasteiger partial charge in [-0.2, -0.15) is 0 Å². The van der Waals surface area contributed by atoms with E-state index in [0.717, 1.165) is 50.0 Å². The van der Waals surface area contributed by atoms with Gasteiger partial charge in [0.05, 0.1) is 42.3 Å². The first-order valence-electron chi connectivity index (χ1n) is 12.7. The minimum absolute atomic E-state index is 0.0416. The minimum Gasteiger partial charge on any atom is -0.486 e. The van der Waals surface area contributed by atoms with Crippen molar-refractivity contribution in [3.8, 4) is 17.4 Å². The van der Waals surface area contributed by atoms with Crippen LogP contribution in [-0.2, 0) is 13.0 Å². The monoisotopic (exact) mass is 494 g/mol. The molecule has 9 heteroatoms. The van der Waals surface area contributed by atoms with Crippen LogP contribution in [0.1, 0.15) is 49.8 Å². The highest BCUT2D eigenvalue weighted by Gasteiger charge is 2.51. The van der Waals surface area contributed by atoms with Gasteiger partial charge < -0.3 is 24.6 Å². The van der Waals surface area contributed by atoms with Gasteiger partial charge >= 0.3 is 0 Å². The van der Waals surface area contributed by atoms with Crippen LogP contribution in [0.4, 0.5) is 4.39 Å². The fourth-order valence-electron chi connectivity index (χ4n) is 6.14. The van der Waals surface area contributed by atoms with Crippen LogP contribution in [0.3, 0.4) is 0 Å². The third kappa shape index (κ3) is 4.14. The SMILES string of the molecule is COc1ccc2ncc(F)c(C[C@@H](O)C34CCC(NCc5cc6c(cn5)OCCO6)(CC3)CC4)c2n1. The minimum atomic E-state index is -0.650. The van der Waals surface area contributed by atoms with E-state index in [1.54, 1.807) is 18.3 Å². The first-order chi connectivity index (χ1) is 17.5. The van der Waals surface area contributed by atoms with Crippen molar-refractivity contribution < 1.29 is 23.7 Å². The molecule has 3 aromatic heterocycles. The number of pyridine rings is 3. The molecule has 1 aliphatic heterocycles. The summed E-state index contributed by atoms with van der Waals surface area (Å²) in [6.07, 6.45) is 8.14. The zero-order valence-corrected chi connectivity index (χ0v) is 20.4. The van der Waals surface area contributed by atoms with Gasteiger partial charge in [-0.25, -0.2) is 9.37 Å². The molecule has 1 atom stereocenters. The Labute approximate surface area is 209 Å². The molecular weight excluding hydrogens is 463 g/mol. The fraction of sp³-hybridized carbons (Fsp3) is 0.519. The van der Waals surface area contributed by atoms with E-state index in [2.05, 4.69) is 20.3 Å². The van der Waals surface area contributed by atoms with Gasteiger partial charge in [0.15, 0.2) is 11.5 Å². The van der Waals surface area contributed by atoms with Gasteiger partial charge in [-0.1, -0.05) is 0 Å². The van der Waals surface area contributed by atoms with Crippen LogP contribution in [0.2, 0.25) is 0 Å². The molecule has 0 amide bonds. The molecule has 36 heavy (non-hydrogen) atoms. The van der Waals surface area contributed by atoms with Crippen LogP contribution in [-0.4, -0.2) is 52.0 Å². The van der Waals surface area contributed by atoms with Gasteiger partial charge in [-0.05, 0) is 50.0 Å². The summed E-state index contributed by atoms with van der Waals surface area (Å²) in [6, 6.07) is 5.43. The molecule has 0 radical (unpaired) electrons. The van der Waals surface area contributed by atoms with E-state index >= 15 is 0 Å². The molecule has 0 saturated heterocycles. The summed E-state index contributed by atoms with van der Waals surface area (Å²) in [5.41, 5.74) is 2.23. The van der Waals surface area contributed by atoms with Crippen molar-refractivity contribution in [2.75, 3.05) is 20.3 Å². The molecule has 3 saturated carbocycles. The number of aliphatic hydroxyl groups is 1. The maximum atomic E-state index is 14.9. The zero-order valence-electron chi connectivity index (χ0n) is 20.4. The summed E-state index contributed by atoms with van der Waals surface area (Å²) in [5.74, 6) is 1.42. The normalized spacial score (nSPS) is 25.6. The quantitative estimate of drug-likeness (QED) is 0.513. The van der Waals surface area contributed by atoms with Gasteiger partial charge in [-0.3, -0.25) is 9.97 Å².